The maximum absolute atomic E-state index is 12.1. The van der Waals surface area contributed by atoms with Gasteiger partial charge in [-0.3, -0.25) is 4.79 Å². The van der Waals surface area contributed by atoms with Crippen LogP contribution in [0.4, 0.5) is 5.82 Å². The molecule has 1 aromatic carbocycles. The number of nitrogens with zero attached hydrogens (tertiary/aromatic N) is 1. The SMILES string of the molecule is COc1ccc(Br)c(C(=O)Nc2ccc(Br)cn2)c1. The highest BCUT2D eigenvalue weighted by Gasteiger charge is 2.12. The first kappa shape index (κ1) is 14.0. The molecule has 1 heterocycles. The highest BCUT2D eigenvalue weighted by atomic mass is 79.9. The van der Waals surface area contributed by atoms with E-state index in [1.807, 2.05) is 6.07 Å². The Balaban J connectivity index is 2.22. The third-order valence-electron chi connectivity index (χ3n) is 2.39. The van der Waals surface area contributed by atoms with Crippen LogP contribution in [0.2, 0.25) is 0 Å². The zero-order valence-electron chi connectivity index (χ0n) is 9.98. The number of halogens is 2. The molecule has 0 fully saturated rings. The van der Waals surface area contributed by atoms with Crippen LogP contribution in [0, 0.1) is 0 Å². The van der Waals surface area contributed by atoms with Crippen LogP contribution in [0.1, 0.15) is 10.4 Å². The van der Waals surface area contributed by atoms with Crippen LogP contribution in [-0.4, -0.2) is 18.0 Å². The first-order valence-corrected chi connectivity index (χ1v) is 6.95. The third-order valence-corrected chi connectivity index (χ3v) is 3.55. The smallest absolute Gasteiger partial charge is 0.258 e. The van der Waals surface area contributed by atoms with Gasteiger partial charge in [0.25, 0.3) is 5.91 Å². The second kappa shape index (κ2) is 6.16. The van der Waals surface area contributed by atoms with E-state index in [4.69, 9.17) is 4.74 Å². The lowest BCUT2D eigenvalue weighted by molar-refractivity contribution is 0.102. The molecule has 6 heteroatoms. The van der Waals surface area contributed by atoms with Gasteiger partial charge in [-0.25, -0.2) is 4.98 Å². The number of carbonyl (C=O) groups excluding carboxylic acids is 1. The van der Waals surface area contributed by atoms with E-state index in [-0.39, 0.29) is 5.91 Å². The summed E-state index contributed by atoms with van der Waals surface area (Å²) in [5.41, 5.74) is 0.490. The van der Waals surface area contributed by atoms with Crippen molar-refractivity contribution in [1.82, 2.24) is 4.98 Å². The number of amides is 1. The molecule has 0 aliphatic rings. The second-order valence-electron chi connectivity index (χ2n) is 3.66. The van der Waals surface area contributed by atoms with Crippen molar-refractivity contribution in [1.29, 1.82) is 0 Å². The van der Waals surface area contributed by atoms with Crippen molar-refractivity contribution in [3.05, 3.63) is 51.0 Å². The molecule has 0 aliphatic heterocycles. The maximum atomic E-state index is 12.1. The van der Waals surface area contributed by atoms with Gasteiger partial charge in [-0.2, -0.15) is 0 Å². The Kier molecular flexibility index (Phi) is 4.55. The first-order valence-electron chi connectivity index (χ1n) is 5.36. The lowest BCUT2D eigenvalue weighted by Crippen LogP contribution is -2.13. The summed E-state index contributed by atoms with van der Waals surface area (Å²) >= 11 is 6.63. The maximum Gasteiger partial charge on any atom is 0.258 e. The molecule has 2 aromatic rings. The highest BCUT2D eigenvalue weighted by Crippen LogP contribution is 2.23. The Bertz CT molecular complexity index is 600. The van der Waals surface area contributed by atoms with Gasteiger partial charge in [-0.05, 0) is 62.2 Å². The third kappa shape index (κ3) is 3.54. The fourth-order valence-corrected chi connectivity index (χ4v) is 2.10. The quantitative estimate of drug-likeness (QED) is 0.872. The van der Waals surface area contributed by atoms with Gasteiger partial charge >= 0.3 is 0 Å². The molecule has 0 atom stereocenters. The van der Waals surface area contributed by atoms with Crippen molar-refractivity contribution in [2.75, 3.05) is 12.4 Å². The van der Waals surface area contributed by atoms with E-state index in [9.17, 15) is 4.79 Å². The molecule has 2 rings (SSSR count). The average molecular weight is 386 g/mol. The monoisotopic (exact) mass is 384 g/mol. The van der Waals surface area contributed by atoms with Gasteiger partial charge in [0, 0.05) is 15.1 Å². The number of methoxy groups -OCH3 is 1. The Hall–Kier alpha value is -1.40. The van der Waals surface area contributed by atoms with Crippen molar-refractivity contribution >= 4 is 43.6 Å². The van der Waals surface area contributed by atoms with Crippen LogP contribution in [0.5, 0.6) is 5.75 Å². The number of ether oxygens (including phenoxy) is 1. The van der Waals surface area contributed by atoms with Crippen LogP contribution in [0.25, 0.3) is 0 Å². The van der Waals surface area contributed by atoms with E-state index >= 15 is 0 Å². The van der Waals surface area contributed by atoms with E-state index in [0.717, 1.165) is 4.47 Å². The number of pyridine rings is 1. The molecule has 19 heavy (non-hydrogen) atoms. The summed E-state index contributed by atoms with van der Waals surface area (Å²) in [5, 5.41) is 2.72. The number of hydrogen-bond donors (Lipinski definition) is 1. The first-order chi connectivity index (χ1) is 9.10. The molecule has 0 saturated heterocycles. The molecule has 0 aliphatic carbocycles. The zero-order valence-corrected chi connectivity index (χ0v) is 13.2. The Morgan fingerprint density at radius 2 is 2.05 bits per heavy atom. The fourth-order valence-electron chi connectivity index (χ4n) is 1.44. The number of rotatable bonds is 3. The summed E-state index contributed by atoms with van der Waals surface area (Å²) in [7, 11) is 1.56. The van der Waals surface area contributed by atoms with Gasteiger partial charge < -0.3 is 10.1 Å². The molecule has 0 spiro atoms. The highest BCUT2D eigenvalue weighted by molar-refractivity contribution is 9.10. The van der Waals surface area contributed by atoms with Crippen LogP contribution < -0.4 is 10.1 Å². The predicted molar refractivity (Wildman–Crippen MR) is 80.6 cm³/mol. The molecule has 0 unspecified atom stereocenters. The molecule has 1 amide bonds. The van der Waals surface area contributed by atoms with Crippen LogP contribution in [0.15, 0.2) is 45.5 Å². The average Bonchev–Trinajstić information content (AvgIpc) is 2.42. The molecule has 0 saturated carbocycles. The standard InChI is InChI=1S/C13H10Br2N2O2/c1-19-9-3-4-11(15)10(6-9)13(18)17-12-5-2-8(14)7-16-12/h2-7H,1H3,(H,16,17,18). The van der Waals surface area contributed by atoms with Crippen LogP contribution in [0.3, 0.4) is 0 Å². The molecule has 0 radical (unpaired) electrons. The molecule has 1 aromatic heterocycles. The fraction of sp³-hybridized carbons (Fsp3) is 0.0769. The van der Waals surface area contributed by atoms with E-state index in [1.54, 1.807) is 37.6 Å². The summed E-state index contributed by atoms with van der Waals surface area (Å²) < 4.78 is 6.66. The van der Waals surface area contributed by atoms with Gasteiger partial charge in [0.1, 0.15) is 11.6 Å². The number of nitrogens with one attached hydrogen (secondary N) is 1. The van der Waals surface area contributed by atoms with Crippen molar-refractivity contribution in [3.63, 3.8) is 0 Å². The van der Waals surface area contributed by atoms with E-state index in [1.165, 1.54) is 0 Å². The van der Waals surface area contributed by atoms with Gasteiger partial charge in [-0.15, -0.1) is 0 Å². The Labute approximate surface area is 127 Å². The number of carbonyl (C=O) groups is 1. The lowest BCUT2D eigenvalue weighted by Gasteiger charge is -2.08. The summed E-state index contributed by atoms with van der Waals surface area (Å²) in [4.78, 5) is 16.2. The number of aromatic nitrogens is 1. The van der Waals surface area contributed by atoms with Gasteiger partial charge in [0.15, 0.2) is 0 Å². The topological polar surface area (TPSA) is 51.2 Å². The molecular weight excluding hydrogens is 376 g/mol. The minimum Gasteiger partial charge on any atom is -0.497 e. The van der Waals surface area contributed by atoms with Crippen LogP contribution in [-0.2, 0) is 0 Å². The minimum atomic E-state index is -0.249. The number of hydrogen-bond acceptors (Lipinski definition) is 3. The number of benzene rings is 1. The van der Waals surface area contributed by atoms with Crippen molar-refractivity contribution < 1.29 is 9.53 Å². The molecular formula is C13H10Br2N2O2. The molecule has 1 N–H and O–H groups in total. The van der Waals surface area contributed by atoms with E-state index in [0.29, 0.717) is 21.6 Å². The summed E-state index contributed by atoms with van der Waals surface area (Å²) in [6, 6.07) is 8.74. The largest absolute Gasteiger partial charge is 0.497 e. The second-order valence-corrected chi connectivity index (χ2v) is 5.43. The lowest BCUT2D eigenvalue weighted by atomic mass is 10.2. The molecule has 4 nitrogen and oxygen atoms in total. The Morgan fingerprint density at radius 1 is 1.26 bits per heavy atom. The van der Waals surface area contributed by atoms with E-state index in [2.05, 4.69) is 42.2 Å². The minimum absolute atomic E-state index is 0.249. The normalized spacial score (nSPS) is 10.1. The number of anilines is 1. The van der Waals surface area contributed by atoms with Crippen molar-refractivity contribution in [3.8, 4) is 5.75 Å². The molecule has 98 valence electrons. The summed E-state index contributed by atoms with van der Waals surface area (Å²) in [6.07, 6.45) is 1.62. The van der Waals surface area contributed by atoms with Crippen molar-refractivity contribution in [2.24, 2.45) is 0 Å². The van der Waals surface area contributed by atoms with Crippen molar-refractivity contribution in [2.45, 2.75) is 0 Å². The summed E-state index contributed by atoms with van der Waals surface area (Å²) in [6.45, 7) is 0. The zero-order chi connectivity index (χ0) is 13.8. The van der Waals surface area contributed by atoms with E-state index < -0.39 is 0 Å². The summed E-state index contributed by atoms with van der Waals surface area (Å²) in [5.74, 6) is 0.862. The Morgan fingerprint density at radius 3 is 2.68 bits per heavy atom. The van der Waals surface area contributed by atoms with Gasteiger partial charge in [-0.1, -0.05) is 0 Å². The predicted octanol–water partition coefficient (Wildman–Crippen LogP) is 3.87. The van der Waals surface area contributed by atoms with Gasteiger partial charge in [0.05, 0.1) is 12.7 Å². The molecule has 0 bridgehead atoms. The van der Waals surface area contributed by atoms with Gasteiger partial charge in [0.2, 0.25) is 0 Å². The van der Waals surface area contributed by atoms with Crippen LogP contribution >= 0.6 is 31.9 Å².